The number of rotatable bonds is 6. The van der Waals surface area contributed by atoms with Crippen molar-refractivity contribution < 1.29 is 14.3 Å². The van der Waals surface area contributed by atoms with Crippen LogP contribution in [0.15, 0.2) is 24.3 Å². The topological polar surface area (TPSA) is 58.6 Å². The largest absolute Gasteiger partial charge is 0.491 e. The van der Waals surface area contributed by atoms with Gasteiger partial charge in [0.15, 0.2) is 0 Å². The third kappa shape index (κ3) is 5.48. The number of nitrogens with zero attached hydrogens (tertiary/aromatic N) is 1. The Labute approximate surface area is 157 Å². The van der Waals surface area contributed by atoms with E-state index in [0.717, 1.165) is 24.2 Å². The summed E-state index contributed by atoms with van der Waals surface area (Å²) in [5.41, 5.74) is 1.06. The minimum Gasteiger partial charge on any atom is -0.491 e. The van der Waals surface area contributed by atoms with E-state index >= 15 is 0 Å². The minimum atomic E-state index is -0.0501. The third-order valence-corrected chi connectivity index (χ3v) is 4.78. The molecule has 1 atom stereocenters. The molecule has 0 spiro atoms. The number of likely N-dealkylation sites (tertiary alicyclic amines) is 1. The van der Waals surface area contributed by atoms with Crippen molar-refractivity contribution in [3.63, 3.8) is 0 Å². The summed E-state index contributed by atoms with van der Waals surface area (Å²) in [6.07, 6.45) is 1.61. The number of amides is 2. The van der Waals surface area contributed by atoms with Gasteiger partial charge in [-0.05, 0) is 51.3 Å². The van der Waals surface area contributed by atoms with Gasteiger partial charge in [0.1, 0.15) is 5.75 Å². The van der Waals surface area contributed by atoms with Crippen molar-refractivity contribution in [2.45, 2.75) is 59.6 Å². The highest BCUT2D eigenvalue weighted by Gasteiger charge is 2.28. The number of piperidine rings is 1. The lowest BCUT2D eigenvalue weighted by molar-refractivity contribution is -0.138. The van der Waals surface area contributed by atoms with Crippen LogP contribution in [0.3, 0.4) is 0 Å². The van der Waals surface area contributed by atoms with E-state index in [0.29, 0.717) is 13.1 Å². The Bertz CT molecular complexity index is 602. The second-order valence-corrected chi connectivity index (χ2v) is 7.72. The molecule has 0 bridgehead atoms. The lowest BCUT2D eigenvalue weighted by atomic mass is 9.94. The summed E-state index contributed by atoms with van der Waals surface area (Å²) in [7, 11) is 0. The Morgan fingerprint density at radius 2 is 1.62 bits per heavy atom. The van der Waals surface area contributed by atoms with Gasteiger partial charge >= 0.3 is 0 Å². The van der Waals surface area contributed by atoms with E-state index < -0.39 is 0 Å². The van der Waals surface area contributed by atoms with Gasteiger partial charge in [-0.15, -0.1) is 0 Å². The normalized spacial score (nSPS) is 16.7. The molecule has 2 rings (SSSR count). The van der Waals surface area contributed by atoms with Crippen LogP contribution >= 0.6 is 0 Å². The van der Waals surface area contributed by atoms with Crippen LogP contribution in [0.2, 0.25) is 0 Å². The Morgan fingerprint density at radius 1 is 1.04 bits per heavy atom. The average Bonchev–Trinajstić information content (AvgIpc) is 2.61. The smallest absolute Gasteiger partial charge is 0.225 e. The van der Waals surface area contributed by atoms with E-state index in [1.165, 1.54) is 0 Å². The second kappa shape index (κ2) is 9.06. The summed E-state index contributed by atoms with van der Waals surface area (Å²) >= 11 is 0. The molecule has 1 heterocycles. The summed E-state index contributed by atoms with van der Waals surface area (Å²) in [6.45, 7) is 11.2. The maximum Gasteiger partial charge on any atom is 0.225 e. The number of carbonyl (C=O) groups excluding carboxylic acids is 2. The van der Waals surface area contributed by atoms with Crippen molar-refractivity contribution in [2.75, 3.05) is 13.1 Å². The molecule has 1 saturated heterocycles. The van der Waals surface area contributed by atoms with Crippen LogP contribution in [0, 0.1) is 11.8 Å². The standard InChI is InChI=1S/C21H32N2O3/c1-14(2)21(25)23-12-10-18(11-13-23)20(24)22-16(5)17-6-8-19(9-7-17)26-15(3)4/h6-9,14-16,18H,10-13H2,1-5H3,(H,22,24). The molecule has 2 amide bonds. The van der Waals surface area contributed by atoms with E-state index in [4.69, 9.17) is 4.74 Å². The number of benzene rings is 1. The van der Waals surface area contributed by atoms with E-state index in [-0.39, 0.29) is 35.8 Å². The fourth-order valence-corrected chi connectivity index (χ4v) is 3.25. The van der Waals surface area contributed by atoms with Crippen molar-refractivity contribution in [3.05, 3.63) is 29.8 Å². The molecule has 5 nitrogen and oxygen atoms in total. The summed E-state index contributed by atoms with van der Waals surface area (Å²) in [5.74, 6) is 1.10. The fraction of sp³-hybridized carbons (Fsp3) is 0.619. The van der Waals surface area contributed by atoms with Crippen LogP contribution in [0.25, 0.3) is 0 Å². The quantitative estimate of drug-likeness (QED) is 0.844. The molecule has 1 aromatic rings. The van der Waals surface area contributed by atoms with Gasteiger partial charge in [-0.2, -0.15) is 0 Å². The lowest BCUT2D eigenvalue weighted by Gasteiger charge is -2.33. The first kappa shape index (κ1) is 20.3. The maximum atomic E-state index is 12.6. The van der Waals surface area contributed by atoms with Crippen LogP contribution in [-0.4, -0.2) is 35.9 Å². The van der Waals surface area contributed by atoms with Gasteiger partial charge < -0.3 is 15.0 Å². The van der Waals surface area contributed by atoms with Crippen LogP contribution in [0.4, 0.5) is 0 Å². The van der Waals surface area contributed by atoms with Gasteiger partial charge in [-0.3, -0.25) is 9.59 Å². The lowest BCUT2D eigenvalue weighted by Crippen LogP contribution is -2.44. The molecule has 1 aliphatic heterocycles. The third-order valence-electron chi connectivity index (χ3n) is 4.78. The molecule has 26 heavy (non-hydrogen) atoms. The molecule has 144 valence electrons. The van der Waals surface area contributed by atoms with E-state index in [1.54, 1.807) is 0 Å². The zero-order valence-electron chi connectivity index (χ0n) is 16.6. The number of nitrogens with one attached hydrogen (secondary N) is 1. The second-order valence-electron chi connectivity index (χ2n) is 7.72. The molecule has 1 fully saturated rings. The minimum absolute atomic E-state index is 0.0165. The molecule has 1 aromatic carbocycles. The van der Waals surface area contributed by atoms with E-state index in [1.807, 2.05) is 63.8 Å². The van der Waals surface area contributed by atoms with Gasteiger partial charge in [-0.25, -0.2) is 0 Å². The first-order chi connectivity index (χ1) is 12.3. The Kier molecular flexibility index (Phi) is 7.06. The summed E-state index contributed by atoms with van der Waals surface area (Å²) in [4.78, 5) is 26.5. The number of hydrogen-bond acceptors (Lipinski definition) is 3. The number of hydrogen-bond donors (Lipinski definition) is 1. The number of ether oxygens (including phenoxy) is 1. The first-order valence-corrected chi connectivity index (χ1v) is 9.63. The van der Waals surface area contributed by atoms with Gasteiger partial charge in [0.25, 0.3) is 0 Å². The van der Waals surface area contributed by atoms with Crippen molar-refractivity contribution in [2.24, 2.45) is 11.8 Å². The molecule has 1 N–H and O–H groups in total. The molecule has 0 radical (unpaired) electrons. The molecular weight excluding hydrogens is 328 g/mol. The number of carbonyl (C=O) groups is 2. The fourth-order valence-electron chi connectivity index (χ4n) is 3.25. The highest BCUT2D eigenvalue weighted by Crippen LogP contribution is 2.22. The zero-order valence-corrected chi connectivity index (χ0v) is 16.6. The Morgan fingerprint density at radius 3 is 2.12 bits per heavy atom. The molecular formula is C21H32N2O3. The highest BCUT2D eigenvalue weighted by atomic mass is 16.5. The Balaban J connectivity index is 1.85. The average molecular weight is 360 g/mol. The predicted octanol–water partition coefficient (Wildman–Crippen LogP) is 3.55. The molecule has 0 aromatic heterocycles. The van der Waals surface area contributed by atoms with Crippen LogP contribution in [-0.2, 0) is 9.59 Å². The molecule has 0 aliphatic carbocycles. The van der Waals surface area contributed by atoms with Crippen LogP contribution in [0.1, 0.15) is 59.1 Å². The molecule has 5 heteroatoms. The van der Waals surface area contributed by atoms with Crippen LogP contribution < -0.4 is 10.1 Å². The van der Waals surface area contributed by atoms with Gasteiger partial charge in [-0.1, -0.05) is 26.0 Å². The SMILES string of the molecule is CC(C)Oc1ccc(C(C)NC(=O)C2CCN(C(=O)C(C)C)CC2)cc1. The summed E-state index contributed by atoms with van der Waals surface area (Å²) in [5, 5.41) is 3.11. The van der Waals surface area contributed by atoms with E-state index in [9.17, 15) is 9.59 Å². The van der Waals surface area contributed by atoms with Gasteiger partial charge in [0.05, 0.1) is 12.1 Å². The maximum absolute atomic E-state index is 12.6. The highest BCUT2D eigenvalue weighted by molar-refractivity contribution is 5.81. The zero-order chi connectivity index (χ0) is 19.3. The van der Waals surface area contributed by atoms with Crippen molar-refractivity contribution >= 4 is 11.8 Å². The molecule has 1 unspecified atom stereocenters. The molecule has 1 aliphatic rings. The molecule has 0 saturated carbocycles. The monoisotopic (exact) mass is 360 g/mol. The van der Waals surface area contributed by atoms with Crippen molar-refractivity contribution in [1.29, 1.82) is 0 Å². The van der Waals surface area contributed by atoms with E-state index in [2.05, 4.69) is 5.32 Å². The Hall–Kier alpha value is -2.04. The summed E-state index contributed by atoms with van der Waals surface area (Å²) in [6, 6.07) is 7.81. The van der Waals surface area contributed by atoms with Crippen LogP contribution in [0.5, 0.6) is 5.75 Å². The van der Waals surface area contributed by atoms with Gasteiger partial charge in [0, 0.05) is 24.9 Å². The predicted molar refractivity (Wildman–Crippen MR) is 103 cm³/mol. The summed E-state index contributed by atoms with van der Waals surface area (Å²) < 4.78 is 5.65. The van der Waals surface area contributed by atoms with Crippen molar-refractivity contribution in [1.82, 2.24) is 10.2 Å². The van der Waals surface area contributed by atoms with Gasteiger partial charge in [0.2, 0.25) is 11.8 Å². The first-order valence-electron chi connectivity index (χ1n) is 9.63. The van der Waals surface area contributed by atoms with Crippen molar-refractivity contribution in [3.8, 4) is 5.75 Å².